The average molecular weight is 178 g/mol. The zero-order valence-electron chi connectivity index (χ0n) is 7.31. The molecule has 0 heterocycles. The second-order valence-electron chi connectivity index (χ2n) is 2.30. The molecule has 0 aliphatic heterocycles. The van der Waals surface area contributed by atoms with Gasteiger partial charge in [-0.15, -0.1) is 0 Å². The van der Waals surface area contributed by atoms with Crippen LogP contribution in [0, 0.1) is 0 Å². The monoisotopic (exact) mass is 178 g/mol. The van der Waals surface area contributed by atoms with Crippen molar-refractivity contribution < 1.29 is 24.9 Å². The molecular formula is C7H14O5. The number of hydrogen-bond donors (Lipinski definition) is 3. The van der Waals surface area contributed by atoms with Gasteiger partial charge in [-0.1, -0.05) is 0 Å². The normalized spacial score (nSPS) is 13.8. The van der Waals surface area contributed by atoms with E-state index in [1.807, 2.05) is 0 Å². The minimum Gasteiger partial charge on any atom is -0.479 e. The van der Waals surface area contributed by atoms with Crippen molar-refractivity contribution in [1.29, 1.82) is 0 Å². The second kappa shape index (κ2) is 6.75. The fraction of sp³-hybridized carbons (Fsp3) is 0.714. The molecule has 0 radical (unpaired) electrons. The van der Waals surface area contributed by atoms with E-state index < -0.39 is 18.2 Å². The van der Waals surface area contributed by atoms with Crippen molar-refractivity contribution in [3.8, 4) is 0 Å². The van der Waals surface area contributed by atoms with Crippen LogP contribution in [-0.2, 0) is 9.59 Å². The summed E-state index contributed by atoms with van der Waals surface area (Å²) in [6.45, 7) is 4.00. The van der Waals surface area contributed by atoms with Gasteiger partial charge in [0.25, 0.3) is 0 Å². The SMILES string of the molecule is CC(=O)C(C)O.CC(O)C(=O)O. The van der Waals surface area contributed by atoms with E-state index in [1.54, 1.807) is 0 Å². The Bertz CT molecular complexity index is 132. The second-order valence-corrected chi connectivity index (χ2v) is 2.30. The molecule has 0 bridgehead atoms. The maximum absolute atomic E-state index is 9.89. The molecule has 0 saturated carbocycles. The van der Waals surface area contributed by atoms with Crippen LogP contribution in [0.25, 0.3) is 0 Å². The van der Waals surface area contributed by atoms with E-state index in [0.29, 0.717) is 0 Å². The third kappa shape index (κ3) is 11.8. The molecule has 0 spiro atoms. The van der Waals surface area contributed by atoms with E-state index in [4.69, 9.17) is 15.3 Å². The predicted octanol–water partition coefficient (Wildman–Crippen LogP) is -0.592. The van der Waals surface area contributed by atoms with Crippen molar-refractivity contribution in [2.75, 3.05) is 0 Å². The van der Waals surface area contributed by atoms with Gasteiger partial charge in [0, 0.05) is 0 Å². The zero-order chi connectivity index (χ0) is 10.3. The van der Waals surface area contributed by atoms with Crippen molar-refractivity contribution in [3.63, 3.8) is 0 Å². The van der Waals surface area contributed by atoms with Gasteiger partial charge >= 0.3 is 5.97 Å². The Kier molecular flexibility index (Phi) is 7.67. The smallest absolute Gasteiger partial charge is 0.332 e. The van der Waals surface area contributed by atoms with E-state index in [9.17, 15) is 9.59 Å². The lowest BCUT2D eigenvalue weighted by molar-refractivity contribution is -0.145. The summed E-state index contributed by atoms with van der Waals surface area (Å²) >= 11 is 0. The molecule has 5 heteroatoms. The molecule has 0 amide bonds. The molecule has 0 saturated heterocycles. The van der Waals surface area contributed by atoms with Gasteiger partial charge in [-0.3, -0.25) is 4.79 Å². The topological polar surface area (TPSA) is 94.8 Å². The third-order valence-corrected chi connectivity index (χ3v) is 0.946. The molecule has 3 N–H and O–H groups in total. The van der Waals surface area contributed by atoms with Gasteiger partial charge in [0.15, 0.2) is 5.78 Å². The highest BCUT2D eigenvalue weighted by molar-refractivity contribution is 5.79. The molecule has 0 aromatic carbocycles. The molecule has 0 rings (SSSR count). The molecule has 72 valence electrons. The summed E-state index contributed by atoms with van der Waals surface area (Å²) in [6, 6.07) is 0. The first kappa shape index (κ1) is 13.6. The van der Waals surface area contributed by atoms with Gasteiger partial charge in [0.1, 0.15) is 12.2 Å². The van der Waals surface area contributed by atoms with Crippen LogP contribution in [0.1, 0.15) is 20.8 Å². The van der Waals surface area contributed by atoms with Gasteiger partial charge in [0.2, 0.25) is 0 Å². The summed E-state index contributed by atoms with van der Waals surface area (Å²) in [5, 5.41) is 24.1. The van der Waals surface area contributed by atoms with E-state index in [0.717, 1.165) is 0 Å². The molecule has 0 aromatic heterocycles. The third-order valence-electron chi connectivity index (χ3n) is 0.946. The molecule has 2 atom stereocenters. The summed E-state index contributed by atoms with van der Waals surface area (Å²) in [5.41, 5.74) is 0. The van der Waals surface area contributed by atoms with Gasteiger partial charge in [-0.2, -0.15) is 0 Å². The first-order chi connectivity index (χ1) is 5.29. The van der Waals surface area contributed by atoms with Crippen molar-refractivity contribution in [2.24, 2.45) is 0 Å². The lowest BCUT2D eigenvalue weighted by Gasteiger charge is -1.90. The Morgan fingerprint density at radius 1 is 1.08 bits per heavy atom. The largest absolute Gasteiger partial charge is 0.479 e. The fourth-order valence-corrected chi connectivity index (χ4v) is 0. The van der Waals surface area contributed by atoms with Crippen molar-refractivity contribution in [1.82, 2.24) is 0 Å². The number of carboxylic acid groups (broad SMARTS) is 1. The minimum atomic E-state index is -1.23. The minimum absolute atomic E-state index is 0.185. The highest BCUT2D eigenvalue weighted by Gasteiger charge is 2.01. The molecule has 2 unspecified atom stereocenters. The number of carbonyl (C=O) groups is 2. The molecule has 12 heavy (non-hydrogen) atoms. The van der Waals surface area contributed by atoms with Crippen molar-refractivity contribution in [3.05, 3.63) is 0 Å². The van der Waals surface area contributed by atoms with E-state index >= 15 is 0 Å². The Morgan fingerprint density at radius 2 is 1.25 bits per heavy atom. The van der Waals surface area contributed by atoms with Crippen LogP contribution in [0.15, 0.2) is 0 Å². The van der Waals surface area contributed by atoms with Gasteiger partial charge in [-0.05, 0) is 20.8 Å². The molecule has 0 aliphatic carbocycles. The van der Waals surface area contributed by atoms with Crippen LogP contribution in [0.2, 0.25) is 0 Å². The summed E-state index contributed by atoms with van der Waals surface area (Å²) in [4.78, 5) is 19.3. The first-order valence-corrected chi connectivity index (χ1v) is 3.38. The number of Topliss-reactive ketones (excluding diaryl/α,β-unsaturated/α-hetero) is 1. The first-order valence-electron chi connectivity index (χ1n) is 3.38. The van der Waals surface area contributed by atoms with Crippen molar-refractivity contribution >= 4 is 11.8 Å². The number of rotatable bonds is 2. The highest BCUT2D eigenvalue weighted by Crippen LogP contribution is 1.77. The summed E-state index contributed by atoms with van der Waals surface area (Å²) in [6.07, 6.45) is -2.02. The van der Waals surface area contributed by atoms with E-state index in [-0.39, 0.29) is 5.78 Å². The number of carbonyl (C=O) groups excluding carboxylic acids is 1. The Balaban J connectivity index is 0. The van der Waals surface area contributed by atoms with E-state index in [1.165, 1.54) is 20.8 Å². The summed E-state index contributed by atoms with van der Waals surface area (Å²) in [7, 11) is 0. The average Bonchev–Trinajstić information content (AvgIpc) is 1.88. The number of aliphatic carboxylic acids is 1. The number of hydrogen-bond acceptors (Lipinski definition) is 4. The maximum Gasteiger partial charge on any atom is 0.332 e. The summed E-state index contributed by atoms with van der Waals surface area (Å²) in [5.74, 6) is -1.37. The van der Waals surface area contributed by atoms with Crippen LogP contribution < -0.4 is 0 Å². The molecule has 0 fully saturated rings. The lowest BCUT2D eigenvalue weighted by Crippen LogP contribution is -2.13. The zero-order valence-corrected chi connectivity index (χ0v) is 7.31. The molecular weight excluding hydrogens is 164 g/mol. The van der Waals surface area contributed by atoms with Crippen molar-refractivity contribution in [2.45, 2.75) is 33.0 Å². The highest BCUT2D eigenvalue weighted by atomic mass is 16.4. The van der Waals surface area contributed by atoms with Crippen LogP contribution in [-0.4, -0.2) is 39.3 Å². The van der Waals surface area contributed by atoms with Crippen LogP contribution in [0.5, 0.6) is 0 Å². The number of aliphatic hydroxyl groups is 2. The number of aliphatic hydroxyl groups excluding tert-OH is 2. The van der Waals surface area contributed by atoms with Crippen LogP contribution in [0.4, 0.5) is 0 Å². The van der Waals surface area contributed by atoms with Gasteiger partial charge in [0.05, 0.1) is 0 Å². The van der Waals surface area contributed by atoms with Crippen LogP contribution in [0.3, 0.4) is 0 Å². The Hall–Kier alpha value is -0.940. The van der Waals surface area contributed by atoms with Crippen LogP contribution >= 0.6 is 0 Å². The van der Waals surface area contributed by atoms with Gasteiger partial charge in [-0.25, -0.2) is 4.79 Å². The maximum atomic E-state index is 9.89. The van der Waals surface area contributed by atoms with Gasteiger partial charge < -0.3 is 15.3 Å². The molecule has 0 aliphatic rings. The fourth-order valence-electron chi connectivity index (χ4n) is 0. The molecule has 0 aromatic rings. The number of ketones is 1. The standard InChI is InChI=1S/C4H8O2.C3H6O3/c1-3(5)4(2)6;1-2(4)3(5)6/h3,5H,1-2H3;2,4H,1H3,(H,5,6). The number of carboxylic acids is 1. The predicted molar refractivity (Wildman–Crippen MR) is 41.7 cm³/mol. The lowest BCUT2D eigenvalue weighted by atomic mass is 10.3. The Labute approximate surface area is 70.6 Å². The quantitative estimate of drug-likeness (QED) is 0.525. The summed E-state index contributed by atoms with van der Waals surface area (Å²) < 4.78 is 0. The Morgan fingerprint density at radius 3 is 1.25 bits per heavy atom. The van der Waals surface area contributed by atoms with E-state index in [2.05, 4.69) is 0 Å². The molecule has 5 nitrogen and oxygen atoms in total.